The monoisotopic (exact) mass is 276 g/mol. The average molecular weight is 276 g/mol. The van der Waals surface area contributed by atoms with Gasteiger partial charge in [0.25, 0.3) is 0 Å². The molecule has 0 saturated heterocycles. The minimum absolute atomic E-state index is 0.0340. The molecule has 5 heteroatoms. The Labute approximate surface area is 116 Å². The third-order valence-corrected chi connectivity index (χ3v) is 4.12. The first-order valence-corrected chi connectivity index (χ1v) is 6.83. The first-order chi connectivity index (χ1) is 8.99. The molecule has 100 valence electrons. The van der Waals surface area contributed by atoms with Gasteiger partial charge in [0, 0.05) is 10.6 Å². The summed E-state index contributed by atoms with van der Waals surface area (Å²) in [7, 11) is 0. The number of carbonyl (C=O) groups is 1. The van der Waals surface area contributed by atoms with Gasteiger partial charge in [-0.1, -0.05) is 12.1 Å². The number of rotatable bonds is 4. The molecule has 0 aliphatic heterocycles. The topological polar surface area (TPSA) is 62.2 Å². The van der Waals surface area contributed by atoms with E-state index in [2.05, 4.69) is 10.3 Å². The van der Waals surface area contributed by atoms with Crippen molar-refractivity contribution in [2.45, 2.75) is 26.8 Å². The minimum atomic E-state index is -0.924. The molecule has 1 aromatic carbocycles. The Bertz CT molecular complexity index is 607. The summed E-state index contributed by atoms with van der Waals surface area (Å²) >= 11 is 1.63. The molecule has 0 fully saturated rings. The molecule has 0 spiro atoms. The molecule has 2 aromatic rings. The third kappa shape index (κ3) is 2.93. The van der Waals surface area contributed by atoms with Crippen LogP contribution in [0.25, 0.3) is 0 Å². The van der Waals surface area contributed by atoms with Gasteiger partial charge in [-0.3, -0.25) is 0 Å². The van der Waals surface area contributed by atoms with Gasteiger partial charge in [0.1, 0.15) is 0 Å². The number of para-hydroxylation sites is 1. The number of anilines is 1. The molecule has 19 heavy (non-hydrogen) atoms. The maximum Gasteiger partial charge on any atom is 0.337 e. The molecule has 0 bridgehead atoms. The lowest BCUT2D eigenvalue weighted by Gasteiger charge is -2.16. The molecule has 1 unspecified atom stereocenters. The summed E-state index contributed by atoms with van der Waals surface area (Å²) in [6, 6.07) is 6.96. The van der Waals surface area contributed by atoms with Crippen LogP contribution in [0.5, 0.6) is 0 Å². The number of benzene rings is 1. The molecule has 1 heterocycles. The number of aryl methyl sites for hydroxylation is 2. The second kappa shape index (κ2) is 5.40. The van der Waals surface area contributed by atoms with Crippen LogP contribution in [0.1, 0.15) is 38.9 Å². The van der Waals surface area contributed by atoms with Crippen LogP contribution in [0, 0.1) is 13.8 Å². The van der Waals surface area contributed by atoms with Crippen LogP contribution < -0.4 is 5.32 Å². The predicted molar refractivity (Wildman–Crippen MR) is 77.0 cm³/mol. The minimum Gasteiger partial charge on any atom is -0.478 e. The molecular weight excluding hydrogens is 260 g/mol. The van der Waals surface area contributed by atoms with Crippen molar-refractivity contribution in [2.75, 3.05) is 5.32 Å². The Hall–Kier alpha value is -1.88. The van der Waals surface area contributed by atoms with Gasteiger partial charge in [0.15, 0.2) is 0 Å². The summed E-state index contributed by atoms with van der Waals surface area (Å²) in [5, 5.41) is 13.4. The molecule has 2 rings (SSSR count). The van der Waals surface area contributed by atoms with Crippen LogP contribution in [0.2, 0.25) is 0 Å². The van der Waals surface area contributed by atoms with E-state index in [-0.39, 0.29) is 11.6 Å². The van der Waals surface area contributed by atoms with E-state index in [1.165, 1.54) is 0 Å². The van der Waals surface area contributed by atoms with E-state index >= 15 is 0 Å². The zero-order valence-electron chi connectivity index (χ0n) is 11.1. The van der Waals surface area contributed by atoms with Gasteiger partial charge in [0.2, 0.25) is 0 Å². The van der Waals surface area contributed by atoms with E-state index in [1.54, 1.807) is 29.5 Å². The number of thiazole rings is 1. The molecule has 2 N–H and O–H groups in total. The summed E-state index contributed by atoms with van der Waals surface area (Å²) in [4.78, 5) is 16.7. The fourth-order valence-corrected chi connectivity index (χ4v) is 2.97. The maximum atomic E-state index is 11.2. The van der Waals surface area contributed by atoms with Crippen molar-refractivity contribution < 1.29 is 9.90 Å². The summed E-state index contributed by atoms with van der Waals surface area (Å²) in [5.41, 5.74) is 1.91. The van der Waals surface area contributed by atoms with E-state index in [4.69, 9.17) is 5.11 Å². The van der Waals surface area contributed by atoms with Crippen molar-refractivity contribution in [3.63, 3.8) is 0 Å². The average Bonchev–Trinajstić information content (AvgIpc) is 2.69. The first-order valence-electron chi connectivity index (χ1n) is 6.02. The van der Waals surface area contributed by atoms with Gasteiger partial charge < -0.3 is 10.4 Å². The van der Waals surface area contributed by atoms with Crippen LogP contribution in [-0.4, -0.2) is 16.1 Å². The molecule has 1 aromatic heterocycles. The van der Waals surface area contributed by atoms with E-state index in [0.29, 0.717) is 5.69 Å². The van der Waals surface area contributed by atoms with Gasteiger partial charge in [-0.05, 0) is 32.9 Å². The zero-order chi connectivity index (χ0) is 14.0. The number of carboxylic acids is 1. The summed E-state index contributed by atoms with van der Waals surface area (Å²) in [6.45, 7) is 5.96. The number of aromatic carboxylic acids is 1. The van der Waals surface area contributed by atoms with Gasteiger partial charge in [-0.15, -0.1) is 11.3 Å². The Morgan fingerprint density at radius 1 is 1.37 bits per heavy atom. The standard InChI is InChI=1S/C14H16N2O2S/c1-8-13(19-10(3)15-8)9(2)16-12-7-5-4-6-11(12)14(17)18/h4-7,9,16H,1-3H3,(H,17,18). The van der Waals surface area contributed by atoms with Crippen LogP contribution in [-0.2, 0) is 0 Å². The number of nitrogens with zero attached hydrogens (tertiary/aromatic N) is 1. The number of aromatic nitrogens is 1. The maximum absolute atomic E-state index is 11.2. The summed E-state index contributed by atoms with van der Waals surface area (Å²) < 4.78 is 0. The van der Waals surface area contributed by atoms with Crippen molar-refractivity contribution in [1.29, 1.82) is 0 Å². The Morgan fingerprint density at radius 3 is 2.63 bits per heavy atom. The number of carboxylic acid groups (broad SMARTS) is 1. The van der Waals surface area contributed by atoms with E-state index < -0.39 is 5.97 Å². The normalized spacial score (nSPS) is 12.2. The quantitative estimate of drug-likeness (QED) is 0.895. The predicted octanol–water partition coefficient (Wildman–Crippen LogP) is 3.63. The van der Waals surface area contributed by atoms with Gasteiger partial charge in [-0.2, -0.15) is 0 Å². The molecule has 4 nitrogen and oxygen atoms in total. The lowest BCUT2D eigenvalue weighted by atomic mass is 10.1. The van der Waals surface area contributed by atoms with Gasteiger partial charge in [0.05, 0.1) is 22.3 Å². The molecule has 0 radical (unpaired) electrons. The van der Waals surface area contributed by atoms with Crippen LogP contribution >= 0.6 is 11.3 Å². The fourth-order valence-electron chi connectivity index (χ4n) is 2.04. The fraction of sp³-hybridized carbons (Fsp3) is 0.286. The van der Waals surface area contributed by atoms with Gasteiger partial charge in [-0.25, -0.2) is 9.78 Å². The highest BCUT2D eigenvalue weighted by atomic mass is 32.1. The van der Waals surface area contributed by atoms with Crippen molar-refractivity contribution in [3.05, 3.63) is 45.4 Å². The first kappa shape index (κ1) is 13.5. The second-order valence-corrected chi connectivity index (χ2v) is 5.63. The highest BCUT2D eigenvalue weighted by Crippen LogP contribution is 2.28. The lowest BCUT2D eigenvalue weighted by Crippen LogP contribution is -2.10. The molecular formula is C14H16N2O2S. The van der Waals surface area contributed by atoms with Crippen LogP contribution in [0.15, 0.2) is 24.3 Å². The van der Waals surface area contributed by atoms with Crippen molar-refractivity contribution in [2.24, 2.45) is 0 Å². The summed E-state index contributed by atoms with van der Waals surface area (Å²) in [5.74, 6) is -0.924. The smallest absolute Gasteiger partial charge is 0.337 e. The summed E-state index contributed by atoms with van der Waals surface area (Å²) in [6.07, 6.45) is 0. The Morgan fingerprint density at radius 2 is 2.05 bits per heavy atom. The second-order valence-electron chi connectivity index (χ2n) is 4.40. The molecule has 0 aliphatic carbocycles. The third-order valence-electron chi connectivity index (χ3n) is 2.86. The van der Waals surface area contributed by atoms with Gasteiger partial charge >= 0.3 is 5.97 Å². The zero-order valence-corrected chi connectivity index (χ0v) is 11.9. The van der Waals surface area contributed by atoms with E-state index in [9.17, 15) is 4.79 Å². The Kier molecular flexibility index (Phi) is 3.85. The van der Waals surface area contributed by atoms with E-state index in [0.717, 1.165) is 15.6 Å². The largest absolute Gasteiger partial charge is 0.478 e. The highest BCUT2D eigenvalue weighted by molar-refractivity contribution is 7.11. The number of nitrogens with one attached hydrogen (secondary N) is 1. The molecule has 1 atom stereocenters. The molecule has 0 amide bonds. The van der Waals surface area contributed by atoms with E-state index in [1.807, 2.05) is 26.8 Å². The highest BCUT2D eigenvalue weighted by Gasteiger charge is 2.16. The van der Waals surface area contributed by atoms with Crippen molar-refractivity contribution in [1.82, 2.24) is 4.98 Å². The molecule has 0 saturated carbocycles. The number of hydrogen-bond donors (Lipinski definition) is 2. The van der Waals surface area contributed by atoms with Crippen molar-refractivity contribution in [3.8, 4) is 0 Å². The SMILES string of the molecule is Cc1nc(C)c(C(C)Nc2ccccc2C(=O)O)s1. The van der Waals surface area contributed by atoms with Crippen molar-refractivity contribution >= 4 is 23.0 Å². The van der Waals surface area contributed by atoms with Crippen LogP contribution in [0.3, 0.4) is 0 Å². The molecule has 0 aliphatic rings. The Balaban J connectivity index is 2.26. The van der Waals surface area contributed by atoms with Crippen LogP contribution in [0.4, 0.5) is 5.69 Å². The lowest BCUT2D eigenvalue weighted by molar-refractivity contribution is 0.0698. The number of hydrogen-bond acceptors (Lipinski definition) is 4.